The van der Waals surface area contributed by atoms with Gasteiger partial charge < -0.3 is 4.42 Å². The van der Waals surface area contributed by atoms with Crippen molar-refractivity contribution in [1.82, 2.24) is 9.97 Å². The van der Waals surface area contributed by atoms with Crippen LogP contribution in [0.25, 0.3) is 0 Å². The Bertz CT molecular complexity index is 636. The van der Waals surface area contributed by atoms with Crippen LogP contribution in [0, 0.1) is 0 Å². The van der Waals surface area contributed by atoms with E-state index in [1.807, 2.05) is 36.4 Å². The first-order chi connectivity index (χ1) is 9.34. The van der Waals surface area contributed by atoms with E-state index in [9.17, 15) is 0 Å². The highest BCUT2D eigenvalue weighted by Crippen LogP contribution is 2.31. The molecular weight excluding hydrogens is 260 g/mol. The Morgan fingerprint density at radius 3 is 2.32 bits per heavy atom. The Balaban J connectivity index is 2.10. The standard InChI is InChI=1S/C15H11ClN2O/c16-13-5-3-11(4-6-13)15(14-2-1-7-19-14)12-8-17-10-18-9-12/h1-10,15H. The fourth-order valence-corrected chi connectivity index (χ4v) is 2.22. The zero-order chi connectivity index (χ0) is 13.1. The van der Waals surface area contributed by atoms with Crippen molar-refractivity contribution in [1.29, 1.82) is 0 Å². The number of hydrogen-bond donors (Lipinski definition) is 0. The largest absolute Gasteiger partial charge is 0.468 e. The molecule has 0 amide bonds. The average molecular weight is 271 g/mol. The smallest absolute Gasteiger partial charge is 0.115 e. The summed E-state index contributed by atoms with van der Waals surface area (Å²) in [6.45, 7) is 0. The highest BCUT2D eigenvalue weighted by Gasteiger charge is 2.19. The summed E-state index contributed by atoms with van der Waals surface area (Å²) in [6.07, 6.45) is 6.79. The topological polar surface area (TPSA) is 38.9 Å². The minimum Gasteiger partial charge on any atom is -0.468 e. The maximum Gasteiger partial charge on any atom is 0.115 e. The third-order valence-electron chi connectivity index (χ3n) is 2.94. The summed E-state index contributed by atoms with van der Waals surface area (Å²) in [6, 6.07) is 11.5. The predicted octanol–water partition coefficient (Wildman–Crippen LogP) is 3.90. The molecule has 2 aromatic heterocycles. The molecule has 19 heavy (non-hydrogen) atoms. The quantitative estimate of drug-likeness (QED) is 0.724. The van der Waals surface area contributed by atoms with Crippen LogP contribution in [0.4, 0.5) is 0 Å². The van der Waals surface area contributed by atoms with Gasteiger partial charge in [0.15, 0.2) is 0 Å². The number of benzene rings is 1. The van der Waals surface area contributed by atoms with Crippen molar-refractivity contribution in [2.24, 2.45) is 0 Å². The van der Waals surface area contributed by atoms with E-state index < -0.39 is 0 Å². The maximum absolute atomic E-state index is 5.94. The molecule has 0 saturated heterocycles. The number of rotatable bonds is 3. The van der Waals surface area contributed by atoms with Crippen LogP contribution >= 0.6 is 11.6 Å². The molecular formula is C15H11ClN2O. The molecule has 0 saturated carbocycles. The monoisotopic (exact) mass is 270 g/mol. The summed E-state index contributed by atoms with van der Waals surface area (Å²) in [4.78, 5) is 8.16. The Labute approximate surface area is 115 Å². The van der Waals surface area contributed by atoms with Gasteiger partial charge in [-0.3, -0.25) is 0 Å². The summed E-state index contributed by atoms with van der Waals surface area (Å²) >= 11 is 5.94. The van der Waals surface area contributed by atoms with Gasteiger partial charge in [-0.1, -0.05) is 23.7 Å². The van der Waals surface area contributed by atoms with Gasteiger partial charge in [-0.05, 0) is 29.8 Å². The summed E-state index contributed by atoms with van der Waals surface area (Å²) < 4.78 is 5.55. The van der Waals surface area contributed by atoms with Crippen molar-refractivity contribution < 1.29 is 4.42 Å². The van der Waals surface area contributed by atoms with Crippen LogP contribution in [0.1, 0.15) is 22.8 Å². The average Bonchev–Trinajstić information content (AvgIpc) is 2.96. The fourth-order valence-electron chi connectivity index (χ4n) is 2.09. The third-order valence-corrected chi connectivity index (χ3v) is 3.20. The SMILES string of the molecule is Clc1ccc(C(c2cncnc2)c2ccco2)cc1. The van der Waals surface area contributed by atoms with Gasteiger partial charge in [-0.25, -0.2) is 9.97 Å². The predicted molar refractivity (Wildman–Crippen MR) is 73.1 cm³/mol. The van der Waals surface area contributed by atoms with E-state index in [1.54, 1.807) is 18.7 Å². The molecule has 3 nitrogen and oxygen atoms in total. The van der Waals surface area contributed by atoms with E-state index in [4.69, 9.17) is 16.0 Å². The molecule has 0 aliphatic rings. The van der Waals surface area contributed by atoms with Gasteiger partial charge in [-0.15, -0.1) is 0 Å². The second-order valence-electron chi connectivity index (χ2n) is 4.17. The maximum atomic E-state index is 5.94. The van der Waals surface area contributed by atoms with Crippen molar-refractivity contribution in [3.05, 3.63) is 83.3 Å². The van der Waals surface area contributed by atoms with Crippen molar-refractivity contribution in [2.45, 2.75) is 5.92 Å². The molecule has 0 bridgehead atoms. The zero-order valence-corrected chi connectivity index (χ0v) is 10.8. The highest BCUT2D eigenvalue weighted by molar-refractivity contribution is 6.30. The van der Waals surface area contributed by atoms with Gasteiger partial charge in [0.2, 0.25) is 0 Å². The van der Waals surface area contributed by atoms with Crippen LogP contribution in [-0.2, 0) is 0 Å². The second kappa shape index (κ2) is 5.24. The van der Waals surface area contributed by atoms with Crippen molar-refractivity contribution in [3.63, 3.8) is 0 Å². The van der Waals surface area contributed by atoms with Crippen LogP contribution in [0.2, 0.25) is 5.02 Å². The number of hydrogen-bond acceptors (Lipinski definition) is 3. The van der Waals surface area contributed by atoms with Gasteiger partial charge >= 0.3 is 0 Å². The van der Waals surface area contributed by atoms with Gasteiger partial charge in [-0.2, -0.15) is 0 Å². The normalized spacial score (nSPS) is 12.3. The van der Waals surface area contributed by atoms with Crippen LogP contribution in [0.5, 0.6) is 0 Å². The van der Waals surface area contributed by atoms with Crippen LogP contribution in [0.3, 0.4) is 0 Å². The lowest BCUT2D eigenvalue weighted by atomic mass is 9.91. The molecule has 4 heteroatoms. The van der Waals surface area contributed by atoms with Crippen molar-refractivity contribution in [3.8, 4) is 0 Å². The minimum absolute atomic E-state index is 0.0199. The molecule has 1 atom stereocenters. The van der Waals surface area contributed by atoms with E-state index in [2.05, 4.69) is 9.97 Å². The lowest BCUT2D eigenvalue weighted by Gasteiger charge is -2.14. The molecule has 0 aliphatic carbocycles. The van der Waals surface area contributed by atoms with E-state index in [0.717, 1.165) is 16.9 Å². The van der Waals surface area contributed by atoms with E-state index in [1.165, 1.54) is 6.33 Å². The molecule has 0 fully saturated rings. The molecule has 1 unspecified atom stereocenters. The highest BCUT2D eigenvalue weighted by atomic mass is 35.5. The fraction of sp³-hybridized carbons (Fsp3) is 0.0667. The second-order valence-corrected chi connectivity index (χ2v) is 4.61. The summed E-state index contributed by atoms with van der Waals surface area (Å²) in [7, 11) is 0. The van der Waals surface area contributed by atoms with Crippen LogP contribution < -0.4 is 0 Å². The molecule has 0 aliphatic heterocycles. The number of furan rings is 1. The Morgan fingerprint density at radius 2 is 1.68 bits per heavy atom. The van der Waals surface area contributed by atoms with Gasteiger partial charge in [0.05, 0.1) is 12.2 Å². The Kier molecular flexibility index (Phi) is 3.29. The Hall–Kier alpha value is -2.13. The van der Waals surface area contributed by atoms with E-state index in [0.29, 0.717) is 5.02 Å². The minimum atomic E-state index is -0.0199. The molecule has 0 N–H and O–H groups in total. The first-order valence-electron chi connectivity index (χ1n) is 5.88. The molecule has 0 spiro atoms. The molecule has 2 heterocycles. The number of nitrogens with zero attached hydrogens (tertiary/aromatic N) is 2. The van der Waals surface area contributed by atoms with E-state index in [-0.39, 0.29) is 5.92 Å². The lowest BCUT2D eigenvalue weighted by Crippen LogP contribution is -2.03. The van der Waals surface area contributed by atoms with Crippen LogP contribution in [0.15, 0.2) is 65.8 Å². The van der Waals surface area contributed by atoms with Crippen molar-refractivity contribution >= 4 is 11.6 Å². The lowest BCUT2D eigenvalue weighted by molar-refractivity contribution is 0.502. The first kappa shape index (κ1) is 11.9. The molecule has 1 aromatic carbocycles. The molecule has 3 aromatic rings. The van der Waals surface area contributed by atoms with Gasteiger partial charge in [0.25, 0.3) is 0 Å². The zero-order valence-electron chi connectivity index (χ0n) is 10.0. The summed E-state index contributed by atoms with van der Waals surface area (Å²) in [5.41, 5.74) is 2.08. The first-order valence-corrected chi connectivity index (χ1v) is 6.26. The van der Waals surface area contributed by atoms with E-state index >= 15 is 0 Å². The van der Waals surface area contributed by atoms with Crippen molar-refractivity contribution in [2.75, 3.05) is 0 Å². The van der Waals surface area contributed by atoms with Crippen LogP contribution in [-0.4, -0.2) is 9.97 Å². The molecule has 94 valence electrons. The van der Waals surface area contributed by atoms with Gasteiger partial charge in [0.1, 0.15) is 12.1 Å². The summed E-state index contributed by atoms with van der Waals surface area (Å²) in [5, 5.41) is 0.714. The molecule has 3 rings (SSSR count). The third kappa shape index (κ3) is 2.51. The number of aromatic nitrogens is 2. The number of halogens is 1. The summed E-state index contributed by atoms with van der Waals surface area (Å²) in [5.74, 6) is 0.839. The van der Waals surface area contributed by atoms with Gasteiger partial charge in [0, 0.05) is 23.0 Å². The Morgan fingerprint density at radius 1 is 0.947 bits per heavy atom. The molecule has 0 radical (unpaired) electrons.